The topological polar surface area (TPSA) is 80.8 Å². The number of rotatable bonds is 3. The summed E-state index contributed by atoms with van der Waals surface area (Å²) in [5.74, 6) is 1.14. The van der Waals surface area contributed by atoms with Gasteiger partial charge in [0, 0.05) is 37.9 Å². The fourth-order valence-corrected chi connectivity index (χ4v) is 3.71. The first kappa shape index (κ1) is 17.8. The number of hydrogen-bond acceptors (Lipinski definition) is 5. The van der Waals surface area contributed by atoms with Crippen LogP contribution < -0.4 is 0 Å². The van der Waals surface area contributed by atoms with Crippen molar-refractivity contribution in [1.29, 1.82) is 0 Å². The fraction of sp³-hybridized carbons (Fsp3) is 0.526. The Morgan fingerprint density at radius 1 is 1.22 bits per heavy atom. The van der Waals surface area contributed by atoms with Gasteiger partial charge < -0.3 is 23.5 Å². The zero-order valence-electron chi connectivity index (χ0n) is 15.7. The fourth-order valence-electron chi connectivity index (χ4n) is 3.71. The van der Waals surface area contributed by atoms with E-state index in [1.165, 1.54) is 6.26 Å². The molecule has 0 aromatic carbocycles. The van der Waals surface area contributed by atoms with E-state index in [0.29, 0.717) is 45.2 Å². The summed E-state index contributed by atoms with van der Waals surface area (Å²) in [5, 5.41) is 0. The van der Waals surface area contributed by atoms with E-state index in [4.69, 9.17) is 9.15 Å². The molecule has 8 nitrogen and oxygen atoms in total. The minimum atomic E-state index is -0.178. The molecule has 0 unspecified atom stereocenters. The van der Waals surface area contributed by atoms with Gasteiger partial charge >= 0.3 is 0 Å². The molecule has 4 heterocycles. The van der Waals surface area contributed by atoms with Gasteiger partial charge in [0.05, 0.1) is 37.6 Å². The summed E-state index contributed by atoms with van der Waals surface area (Å²) in [5.41, 5.74) is 1.58. The number of aromatic nitrogens is 2. The summed E-state index contributed by atoms with van der Waals surface area (Å²) < 4.78 is 12.7. The van der Waals surface area contributed by atoms with Gasteiger partial charge in [-0.05, 0) is 19.9 Å². The molecule has 1 saturated heterocycles. The number of imidazole rings is 1. The number of carbonyl (C=O) groups excluding carboxylic acids is 2. The number of furan rings is 1. The van der Waals surface area contributed by atoms with Crippen molar-refractivity contribution in [2.45, 2.75) is 32.9 Å². The van der Waals surface area contributed by atoms with Crippen LogP contribution in [0.4, 0.5) is 0 Å². The molecule has 4 rings (SSSR count). The second kappa shape index (κ2) is 7.19. The monoisotopic (exact) mass is 372 g/mol. The summed E-state index contributed by atoms with van der Waals surface area (Å²) in [7, 11) is 0. The van der Waals surface area contributed by atoms with Gasteiger partial charge in [0.2, 0.25) is 5.91 Å². The van der Waals surface area contributed by atoms with Crippen molar-refractivity contribution in [1.82, 2.24) is 19.4 Å². The predicted octanol–water partition coefficient (Wildman–Crippen LogP) is 1.40. The Morgan fingerprint density at radius 3 is 2.70 bits per heavy atom. The Morgan fingerprint density at radius 2 is 2.00 bits per heavy atom. The van der Waals surface area contributed by atoms with Gasteiger partial charge in [0.1, 0.15) is 5.82 Å². The van der Waals surface area contributed by atoms with Crippen LogP contribution in [-0.4, -0.2) is 64.0 Å². The normalized spacial score (nSPS) is 19.9. The minimum absolute atomic E-state index is 0.0699. The zero-order valence-corrected chi connectivity index (χ0v) is 15.7. The highest BCUT2D eigenvalue weighted by Gasteiger charge is 2.32. The molecule has 1 fully saturated rings. The van der Waals surface area contributed by atoms with Gasteiger partial charge in [-0.2, -0.15) is 0 Å². The average Bonchev–Trinajstić information content (AvgIpc) is 3.28. The maximum Gasteiger partial charge on any atom is 0.290 e. The molecule has 8 heteroatoms. The summed E-state index contributed by atoms with van der Waals surface area (Å²) in [4.78, 5) is 33.5. The molecule has 27 heavy (non-hydrogen) atoms. The van der Waals surface area contributed by atoms with E-state index in [2.05, 4.69) is 4.98 Å². The van der Waals surface area contributed by atoms with Crippen LogP contribution in [0.1, 0.15) is 40.6 Å². The second-order valence-electron chi connectivity index (χ2n) is 7.06. The average molecular weight is 372 g/mol. The van der Waals surface area contributed by atoms with Gasteiger partial charge in [-0.25, -0.2) is 4.98 Å². The summed E-state index contributed by atoms with van der Waals surface area (Å²) in [6, 6.07) is 1.61. The van der Waals surface area contributed by atoms with Crippen molar-refractivity contribution in [2.75, 3.05) is 32.8 Å². The number of aryl methyl sites for hydroxylation is 1. The van der Waals surface area contributed by atoms with Gasteiger partial charge in [-0.1, -0.05) is 0 Å². The first-order chi connectivity index (χ1) is 13.0. The van der Waals surface area contributed by atoms with Gasteiger partial charge in [-0.15, -0.1) is 0 Å². The SMILES string of the molecule is Cc1ccoc1C(=O)N1CCn2cc(CC(=O)N3CCOCC3)nc2[C@H]1C. The quantitative estimate of drug-likeness (QED) is 0.814. The van der Waals surface area contributed by atoms with Crippen LogP contribution in [0.5, 0.6) is 0 Å². The first-order valence-electron chi connectivity index (χ1n) is 9.31. The predicted molar refractivity (Wildman–Crippen MR) is 96.2 cm³/mol. The Bertz CT molecular complexity index is 850. The highest BCUT2D eigenvalue weighted by atomic mass is 16.5. The molecule has 0 radical (unpaired) electrons. The van der Waals surface area contributed by atoms with Crippen LogP contribution in [0.15, 0.2) is 22.9 Å². The Labute approximate surface area is 157 Å². The largest absolute Gasteiger partial charge is 0.459 e. The molecule has 2 aromatic rings. The Kier molecular flexibility index (Phi) is 4.73. The van der Waals surface area contributed by atoms with Crippen molar-refractivity contribution in [2.24, 2.45) is 0 Å². The van der Waals surface area contributed by atoms with Gasteiger partial charge in [-0.3, -0.25) is 9.59 Å². The number of morpholine rings is 1. The number of fused-ring (bicyclic) bond motifs is 1. The van der Waals surface area contributed by atoms with Crippen LogP contribution in [0.25, 0.3) is 0 Å². The van der Waals surface area contributed by atoms with Crippen molar-refractivity contribution >= 4 is 11.8 Å². The van der Waals surface area contributed by atoms with Crippen LogP contribution >= 0.6 is 0 Å². The molecule has 0 N–H and O–H groups in total. The van der Waals surface area contributed by atoms with E-state index in [9.17, 15) is 9.59 Å². The molecular weight excluding hydrogens is 348 g/mol. The van der Waals surface area contributed by atoms with Crippen LogP contribution in [-0.2, 0) is 22.5 Å². The molecule has 2 aliphatic rings. The molecule has 2 aromatic heterocycles. The van der Waals surface area contributed by atoms with Crippen molar-refractivity contribution in [3.8, 4) is 0 Å². The van der Waals surface area contributed by atoms with Crippen LogP contribution in [0.3, 0.4) is 0 Å². The molecule has 2 aliphatic heterocycles. The van der Waals surface area contributed by atoms with Gasteiger partial charge in [0.25, 0.3) is 5.91 Å². The number of hydrogen-bond donors (Lipinski definition) is 0. The van der Waals surface area contributed by atoms with E-state index in [1.54, 1.807) is 11.0 Å². The highest BCUT2D eigenvalue weighted by Crippen LogP contribution is 2.27. The number of amides is 2. The van der Waals surface area contributed by atoms with Crippen LogP contribution in [0, 0.1) is 6.92 Å². The summed E-state index contributed by atoms with van der Waals surface area (Å²) in [6.07, 6.45) is 3.75. The van der Waals surface area contributed by atoms with Crippen LogP contribution in [0.2, 0.25) is 0 Å². The van der Waals surface area contributed by atoms with E-state index < -0.39 is 0 Å². The van der Waals surface area contributed by atoms with E-state index in [0.717, 1.165) is 17.1 Å². The van der Waals surface area contributed by atoms with E-state index >= 15 is 0 Å². The number of nitrogens with zero attached hydrogens (tertiary/aromatic N) is 4. The maximum absolute atomic E-state index is 12.8. The molecule has 0 saturated carbocycles. The zero-order chi connectivity index (χ0) is 19.0. The third-order valence-electron chi connectivity index (χ3n) is 5.29. The highest BCUT2D eigenvalue weighted by molar-refractivity contribution is 5.93. The molecule has 0 spiro atoms. The van der Waals surface area contributed by atoms with Crippen molar-refractivity contribution < 1.29 is 18.7 Å². The van der Waals surface area contributed by atoms with Crippen molar-refractivity contribution in [3.05, 3.63) is 41.4 Å². The third kappa shape index (κ3) is 3.37. The maximum atomic E-state index is 12.8. The molecule has 0 aliphatic carbocycles. The van der Waals surface area contributed by atoms with Gasteiger partial charge in [0.15, 0.2) is 5.76 Å². The standard InChI is InChI=1S/C19H24N4O4/c1-13-3-8-27-17(13)19(25)23-5-4-22-12-15(20-18(22)14(23)2)11-16(24)21-6-9-26-10-7-21/h3,8,12,14H,4-7,9-11H2,1-2H3/t14-/m1/s1. The minimum Gasteiger partial charge on any atom is -0.459 e. The lowest BCUT2D eigenvalue weighted by molar-refractivity contribution is -0.134. The van der Waals surface area contributed by atoms with E-state index in [-0.39, 0.29) is 24.3 Å². The molecule has 0 bridgehead atoms. The number of carbonyl (C=O) groups is 2. The lowest BCUT2D eigenvalue weighted by Crippen LogP contribution is -2.41. The lowest BCUT2D eigenvalue weighted by atomic mass is 10.1. The first-order valence-corrected chi connectivity index (χ1v) is 9.31. The molecule has 1 atom stereocenters. The van der Waals surface area contributed by atoms with E-state index in [1.807, 2.05) is 29.5 Å². The lowest BCUT2D eigenvalue weighted by Gasteiger charge is -2.33. The number of ether oxygens (including phenoxy) is 1. The Hall–Kier alpha value is -2.61. The molecular formula is C19H24N4O4. The summed E-state index contributed by atoms with van der Waals surface area (Å²) in [6.45, 7) is 7.51. The smallest absolute Gasteiger partial charge is 0.290 e. The molecule has 2 amide bonds. The van der Waals surface area contributed by atoms with Crippen molar-refractivity contribution in [3.63, 3.8) is 0 Å². The molecule has 144 valence electrons. The Balaban J connectivity index is 1.48. The second-order valence-corrected chi connectivity index (χ2v) is 7.06. The third-order valence-corrected chi connectivity index (χ3v) is 5.29. The summed E-state index contributed by atoms with van der Waals surface area (Å²) >= 11 is 0.